The number of amides is 1. The first-order chi connectivity index (χ1) is 8.14. The third kappa shape index (κ3) is 4.01. The standard InChI is InChI=1S/C15H29NO/c1-4-6-7-8-11-15(3,10-5-2)14(17)16-12-9-13-16/h4-13H2,1-3H3. The van der Waals surface area contributed by atoms with E-state index in [9.17, 15) is 4.79 Å². The van der Waals surface area contributed by atoms with E-state index < -0.39 is 0 Å². The fraction of sp³-hybridized carbons (Fsp3) is 0.933. The molecule has 0 aliphatic carbocycles. The molecule has 0 spiro atoms. The molecule has 0 aromatic carbocycles. The van der Waals surface area contributed by atoms with Gasteiger partial charge >= 0.3 is 0 Å². The Hall–Kier alpha value is -0.530. The predicted octanol–water partition coefficient (Wildman–Crippen LogP) is 4.00. The number of hydrogen-bond acceptors (Lipinski definition) is 1. The number of likely N-dealkylation sites (tertiary alicyclic amines) is 1. The SMILES string of the molecule is CCCCCCC(C)(CCC)C(=O)N1CCC1. The summed E-state index contributed by atoms with van der Waals surface area (Å²) in [5.41, 5.74) is -0.0804. The van der Waals surface area contributed by atoms with Gasteiger partial charge in [0.25, 0.3) is 0 Å². The molecule has 1 atom stereocenters. The molecule has 1 aliphatic rings. The molecule has 0 N–H and O–H groups in total. The maximum Gasteiger partial charge on any atom is 0.228 e. The fourth-order valence-electron chi connectivity index (χ4n) is 2.73. The van der Waals surface area contributed by atoms with Gasteiger partial charge in [-0.05, 0) is 19.3 Å². The van der Waals surface area contributed by atoms with Crippen LogP contribution in [0, 0.1) is 5.41 Å². The highest BCUT2D eigenvalue weighted by Gasteiger charge is 2.36. The van der Waals surface area contributed by atoms with Gasteiger partial charge in [0.1, 0.15) is 0 Å². The topological polar surface area (TPSA) is 20.3 Å². The summed E-state index contributed by atoms with van der Waals surface area (Å²) in [7, 11) is 0. The molecule has 1 unspecified atom stereocenters. The van der Waals surface area contributed by atoms with E-state index in [2.05, 4.69) is 25.7 Å². The zero-order chi connectivity index (χ0) is 12.7. The molecule has 1 amide bonds. The van der Waals surface area contributed by atoms with E-state index in [1.165, 1.54) is 32.1 Å². The average molecular weight is 239 g/mol. The quantitative estimate of drug-likeness (QED) is 0.586. The summed E-state index contributed by atoms with van der Waals surface area (Å²) in [6, 6.07) is 0. The van der Waals surface area contributed by atoms with Crippen LogP contribution >= 0.6 is 0 Å². The van der Waals surface area contributed by atoms with Gasteiger partial charge in [0.2, 0.25) is 5.91 Å². The highest BCUT2D eigenvalue weighted by Crippen LogP contribution is 2.33. The Morgan fingerprint density at radius 2 is 1.76 bits per heavy atom. The van der Waals surface area contributed by atoms with Gasteiger partial charge in [0.05, 0.1) is 0 Å². The van der Waals surface area contributed by atoms with Crippen LogP contribution in [0.4, 0.5) is 0 Å². The Bertz CT molecular complexity index is 235. The highest BCUT2D eigenvalue weighted by molar-refractivity contribution is 5.82. The van der Waals surface area contributed by atoms with Gasteiger partial charge in [-0.15, -0.1) is 0 Å². The largest absolute Gasteiger partial charge is 0.342 e. The van der Waals surface area contributed by atoms with Crippen molar-refractivity contribution in [1.82, 2.24) is 4.90 Å². The molecule has 0 radical (unpaired) electrons. The third-order valence-electron chi connectivity index (χ3n) is 4.04. The molecular formula is C15H29NO. The summed E-state index contributed by atoms with van der Waals surface area (Å²) in [4.78, 5) is 14.5. The van der Waals surface area contributed by atoms with E-state index in [4.69, 9.17) is 0 Å². The molecule has 0 saturated carbocycles. The maximum absolute atomic E-state index is 12.4. The second-order valence-corrected chi connectivity index (χ2v) is 5.77. The van der Waals surface area contributed by atoms with Crippen LogP contribution in [-0.4, -0.2) is 23.9 Å². The van der Waals surface area contributed by atoms with Crippen LogP contribution in [0.2, 0.25) is 0 Å². The van der Waals surface area contributed by atoms with Crippen LogP contribution in [0.15, 0.2) is 0 Å². The first-order valence-electron chi connectivity index (χ1n) is 7.43. The lowest BCUT2D eigenvalue weighted by Crippen LogP contribution is -2.49. The zero-order valence-corrected chi connectivity index (χ0v) is 11.9. The van der Waals surface area contributed by atoms with Crippen molar-refractivity contribution < 1.29 is 4.79 Å². The molecule has 100 valence electrons. The second kappa shape index (κ2) is 7.03. The minimum atomic E-state index is -0.0804. The summed E-state index contributed by atoms with van der Waals surface area (Å²) < 4.78 is 0. The van der Waals surface area contributed by atoms with Gasteiger partial charge in [-0.1, -0.05) is 52.9 Å². The zero-order valence-electron chi connectivity index (χ0n) is 11.9. The lowest BCUT2D eigenvalue weighted by atomic mass is 9.78. The molecule has 2 heteroatoms. The van der Waals surface area contributed by atoms with Crippen molar-refractivity contribution >= 4 is 5.91 Å². The van der Waals surface area contributed by atoms with Crippen molar-refractivity contribution in [1.29, 1.82) is 0 Å². The number of hydrogen-bond donors (Lipinski definition) is 0. The number of carbonyl (C=O) groups is 1. The number of carbonyl (C=O) groups excluding carboxylic acids is 1. The number of rotatable bonds is 8. The second-order valence-electron chi connectivity index (χ2n) is 5.77. The molecule has 17 heavy (non-hydrogen) atoms. The predicted molar refractivity (Wildman–Crippen MR) is 73.0 cm³/mol. The molecule has 0 aromatic heterocycles. The summed E-state index contributed by atoms with van der Waals surface area (Å²) >= 11 is 0. The highest BCUT2D eigenvalue weighted by atomic mass is 16.2. The Labute approximate surface area is 107 Å². The first-order valence-corrected chi connectivity index (χ1v) is 7.43. The number of unbranched alkanes of at least 4 members (excludes halogenated alkanes) is 3. The molecular weight excluding hydrogens is 210 g/mol. The maximum atomic E-state index is 12.4. The van der Waals surface area contributed by atoms with Crippen molar-refractivity contribution in [2.75, 3.05) is 13.1 Å². The Balaban J connectivity index is 2.44. The normalized spacial score (nSPS) is 18.6. The van der Waals surface area contributed by atoms with Gasteiger partial charge in [0, 0.05) is 18.5 Å². The van der Waals surface area contributed by atoms with Gasteiger partial charge in [-0.2, -0.15) is 0 Å². The van der Waals surface area contributed by atoms with Crippen LogP contribution in [-0.2, 0) is 4.79 Å². The van der Waals surface area contributed by atoms with Crippen LogP contribution in [0.5, 0.6) is 0 Å². The molecule has 2 nitrogen and oxygen atoms in total. The molecule has 1 heterocycles. The van der Waals surface area contributed by atoms with Crippen molar-refractivity contribution in [3.63, 3.8) is 0 Å². The van der Waals surface area contributed by atoms with Crippen molar-refractivity contribution in [3.8, 4) is 0 Å². The van der Waals surface area contributed by atoms with Crippen LogP contribution in [0.3, 0.4) is 0 Å². The smallest absolute Gasteiger partial charge is 0.228 e. The Morgan fingerprint density at radius 3 is 2.24 bits per heavy atom. The lowest BCUT2D eigenvalue weighted by molar-refractivity contribution is -0.146. The van der Waals surface area contributed by atoms with Gasteiger partial charge in [-0.3, -0.25) is 4.79 Å². The van der Waals surface area contributed by atoms with E-state index in [1.807, 2.05) is 0 Å². The van der Waals surface area contributed by atoms with Crippen LogP contribution in [0.1, 0.15) is 72.1 Å². The lowest BCUT2D eigenvalue weighted by Gasteiger charge is -2.39. The Morgan fingerprint density at radius 1 is 1.06 bits per heavy atom. The molecule has 0 bridgehead atoms. The van der Waals surface area contributed by atoms with Gasteiger partial charge in [-0.25, -0.2) is 0 Å². The van der Waals surface area contributed by atoms with E-state index in [-0.39, 0.29) is 5.41 Å². The van der Waals surface area contributed by atoms with Crippen molar-refractivity contribution in [2.45, 2.75) is 72.1 Å². The van der Waals surface area contributed by atoms with Crippen molar-refractivity contribution in [3.05, 3.63) is 0 Å². The minimum absolute atomic E-state index is 0.0804. The third-order valence-corrected chi connectivity index (χ3v) is 4.04. The average Bonchev–Trinajstić information content (AvgIpc) is 2.22. The summed E-state index contributed by atoms with van der Waals surface area (Å²) in [6.07, 6.45) is 9.51. The summed E-state index contributed by atoms with van der Waals surface area (Å²) in [5, 5.41) is 0. The minimum Gasteiger partial charge on any atom is -0.342 e. The summed E-state index contributed by atoms with van der Waals surface area (Å²) in [6.45, 7) is 8.59. The van der Waals surface area contributed by atoms with Gasteiger partial charge in [0.15, 0.2) is 0 Å². The number of nitrogens with zero attached hydrogens (tertiary/aromatic N) is 1. The van der Waals surface area contributed by atoms with E-state index in [0.29, 0.717) is 5.91 Å². The molecule has 1 fully saturated rings. The van der Waals surface area contributed by atoms with Crippen LogP contribution < -0.4 is 0 Å². The molecule has 1 aliphatic heterocycles. The summed E-state index contributed by atoms with van der Waals surface area (Å²) in [5.74, 6) is 0.419. The Kier molecular flexibility index (Phi) is 6.01. The van der Waals surface area contributed by atoms with E-state index in [0.717, 1.165) is 32.4 Å². The first kappa shape index (κ1) is 14.5. The van der Waals surface area contributed by atoms with Crippen LogP contribution in [0.25, 0.3) is 0 Å². The fourth-order valence-corrected chi connectivity index (χ4v) is 2.73. The van der Waals surface area contributed by atoms with E-state index in [1.54, 1.807) is 0 Å². The molecule has 1 saturated heterocycles. The van der Waals surface area contributed by atoms with Crippen molar-refractivity contribution in [2.24, 2.45) is 5.41 Å². The van der Waals surface area contributed by atoms with E-state index >= 15 is 0 Å². The molecule has 1 rings (SSSR count). The monoisotopic (exact) mass is 239 g/mol. The van der Waals surface area contributed by atoms with Gasteiger partial charge < -0.3 is 4.90 Å². The molecule has 0 aromatic rings.